The van der Waals surface area contributed by atoms with Gasteiger partial charge >= 0.3 is 5.97 Å². The Balaban J connectivity index is 1.66. The molecule has 1 N–H and O–H groups in total. The summed E-state index contributed by atoms with van der Waals surface area (Å²) in [4.78, 5) is 13.6. The maximum Gasteiger partial charge on any atom is 0.330 e. The summed E-state index contributed by atoms with van der Waals surface area (Å²) in [5, 5.41) is 10.6. The molecule has 2 aromatic carbocycles. The van der Waals surface area contributed by atoms with Crippen LogP contribution in [0, 0.1) is 6.92 Å². The van der Waals surface area contributed by atoms with Crippen molar-refractivity contribution in [3.05, 3.63) is 76.9 Å². The molecule has 2 aromatic rings. The second-order valence-corrected chi connectivity index (χ2v) is 7.10. The minimum atomic E-state index is -0.478. The van der Waals surface area contributed by atoms with Crippen molar-refractivity contribution in [3.63, 3.8) is 0 Å². The standard InChI is InChI=1S/C23H27NO3/c1-17-5-10-20(11-6-17)22(25)16-24-15-3-4-21(24)19-12-7-18(8-13-19)9-14-23(26)27-2/h5-14,21-22,25H,3-4,15-16H2,1-2H3/b14-9+. The Morgan fingerprint density at radius 2 is 1.93 bits per heavy atom. The highest BCUT2D eigenvalue weighted by atomic mass is 16.5. The van der Waals surface area contributed by atoms with Crippen LogP contribution >= 0.6 is 0 Å². The number of benzene rings is 2. The van der Waals surface area contributed by atoms with E-state index in [2.05, 4.69) is 28.7 Å². The number of ether oxygens (including phenoxy) is 1. The van der Waals surface area contributed by atoms with Gasteiger partial charge in [0.25, 0.3) is 0 Å². The fourth-order valence-electron chi connectivity index (χ4n) is 3.60. The minimum Gasteiger partial charge on any atom is -0.466 e. The van der Waals surface area contributed by atoms with Crippen molar-refractivity contribution in [2.45, 2.75) is 31.9 Å². The second kappa shape index (κ2) is 8.98. The number of likely N-dealkylation sites (tertiary alicyclic amines) is 1. The van der Waals surface area contributed by atoms with E-state index in [4.69, 9.17) is 0 Å². The summed E-state index contributed by atoms with van der Waals surface area (Å²) in [7, 11) is 1.37. The number of esters is 1. The van der Waals surface area contributed by atoms with Gasteiger partial charge in [-0.25, -0.2) is 4.79 Å². The quantitative estimate of drug-likeness (QED) is 0.620. The molecule has 1 heterocycles. The topological polar surface area (TPSA) is 49.8 Å². The van der Waals surface area contributed by atoms with Crippen molar-refractivity contribution < 1.29 is 14.6 Å². The molecular weight excluding hydrogens is 338 g/mol. The number of hydrogen-bond donors (Lipinski definition) is 1. The molecule has 1 saturated heterocycles. The van der Waals surface area contributed by atoms with Crippen LogP contribution in [0.25, 0.3) is 6.08 Å². The molecule has 3 rings (SSSR count). The summed E-state index contributed by atoms with van der Waals surface area (Å²) in [6, 6.07) is 16.7. The third-order valence-electron chi connectivity index (χ3n) is 5.17. The van der Waals surface area contributed by atoms with E-state index in [-0.39, 0.29) is 5.97 Å². The van der Waals surface area contributed by atoms with Gasteiger partial charge in [0.2, 0.25) is 0 Å². The van der Waals surface area contributed by atoms with Gasteiger partial charge in [-0.1, -0.05) is 54.1 Å². The molecule has 1 fully saturated rings. The van der Waals surface area contributed by atoms with E-state index in [0.717, 1.165) is 30.5 Å². The van der Waals surface area contributed by atoms with Gasteiger partial charge in [0.15, 0.2) is 0 Å². The van der Waals surface area contributed by atoms with Crippen molar-refractivity contribution in [2.75, 3.05) is 20.2 Å². The summed E-state index contributed by atoms with van der Waals surface area (Å²) in [6.45, 7) is 3.69. The second-order valence-electron chi connectivity index (χ2n) is 7.10. The highest BCUT2D eigenvalue weighted by Gasteiger charge is 2.27. The molecule has 0 bridgehead atoms. The van der Waals surface area contributed by atoms with Crippen molar-refractivity contribution in [1.29, 1.82) is 0 Å². The number of rotatable bonds is 6. The Labute approximate surface area is 161 Å². The molecule has 0 saturated carbocycles. The van der Waals surface area contributed by atoms with Gasteiger partial charge in [0.05, 0.1) is 13.2 Å². The number of carbonyl (C=O) groups excluding carboxylic acids is 1. The zero-order chi connectivity index (χ0) is 19.2. The first-order valence-corrected chi connectivity index (χ1v) is 9.41. The lowest BCUT2D eigenvalue weighted by Gasteiger charge is -2.27. The summed E-state index contributed by atoms with van der Waals surface area (Å²) in [5.41, 5.74) is 4.38. The number of aliphatic hydroxyl groups is 1. The fraction of sp³-hybridized carbons (Fsp3) is 0.348. The van der Waals surface area contributed by atoms with Crippen molar-refractivity contribution in [2.24, 2.45) is 0 Å². The molecule has 0 aromatic heterocycles. The Morgan fingerprint density at radius 1 is 1.22 bits per heavy atom. The highest BCUT2D eigenvalue weighted by Crippen LogP contribution is 2.33. The molecular formula is C23H27NO3. The van der Waals surface area contributed by atoms with Crippen LogP contribution in [-0.2, 0) is 9.53 Å². The van der Waals surface area contributed by atoms with E-state index in [1.54, 1.807) is 6.08 Å². The average Bonchev–Trinajstić information content (AvgIpc) is 3.15. The first-order chi connectivity index (χ1) is 13.1. The molecule has 0 amide bonds. The van der Waals surface area contributed by atoms with Gasteiger partial charge in [-0.2, -0.15) is 0 Å². The largest absolute Gasteiger partial charge is 0.466 e. The van der Waals surface area contributed by atoms with Crippen LogP contribution in [0.4, 0.5) is 0 Å². The van der Waals surface area contributed by atoms with Crippen LogP contribution in [0.1, 0.15) is 47.2 Å². The third-order valence-corrected chi connectivity index (χ3v) is 5.17. The Morgan fingerprint density at radius 3 is 2.59 bits per heavy atom. The van der Waals surface area contributed by atoms with Gasteiger partial charge in [-0.3, -0.25) is 4.90 Å². The van der Waals surface area contributed by atoms with Gasteiger partial charge in [0.1, 0.15) is 0 Å². The van der Waals surface area contributed by atoms with E-state index in [1.165, 1.54) is 24.3 Å². The zero-order valence-corrected chi connectivity index (χ0v) is 16.0. The van der Waals surface area contributed by atoms with Crippen LogP contribution in [0.3, 0.4) is 0 Å². The lowest BCUT2D eigenvalue weighted by molar-refractivity contribution is -0.134. The van der Waals surface area contributed by atoms with Gasteiger partial charge in [-0.15, -0.1) is 0 Å². The van der Waals surface area contributed by atoms with Gasteiger partial charge in [0, 0.05) is 18.7 Å². The normalized spacial score (nSPS) is 18.7. The molecule has 4 heteroatoms. The van der Waals surface area contributed by atoms with E-state index < -0.39 is 6.10 Å². The number of aryl methyl sites for hydroxylation is 1. The molecule has 0 aliphatic carbocycles. The summed E-state index contributed by atoms with van der Waals surface area (Å²) >= 11 is 0. The number of methoxy groups -OCH3 is 1. The van der Waals surface area contributed by atoms with E-state index in [1.807, 2.05) is 36.4 Å². The summed E-state index contributed by atoms with van der Waals surface area (Å²) in [6.07, 6.45) is 4.93. The summed E-state index contributed by atoms with van der Waals surface area (Å²) in [5.74, 6) is -0.355. The number of carbonyl (C=O) groups is 1. The SMILES string of the molecule is COC(=O)/C=C/c1ccc(C2CCCN2CC(O)c2ccc(C)cc2)cc1. The predicted molar refractivity (Wildman–Crippen MR) is 107 cm³/mol. The van der Waals surface area contributed by atoms with E-state index in [9.17, 15) is 9.90 Å². The maximum atomic E-state index is 11.2. The van der Waals surface area contributed by atoms with Crippen molar-refractivity contribution >= 4 is 12.0 Å². The number of β-amino-alcohol motifs (C(OH)–C–C–N with tert-alkyl or cyclic N) is 1. The van der Waals surface area contributed by atoms with E-state index in [0.29, 0.717) is 12.6 Å². The molecule has 0 radical (unpaired) electrons. The minimum absolute atomic E-state index is 0.323. The Hall–Kier alpha value is -2.43. The highest BCUT2D eigenvalue weighted by molar-refractivity contribution is 5.86. The fourth-order valence-corrected chi connectivity index (χ4v) is 3.60. The molecule has 2 atom stereocenters. The van der Waals surface area contributed by atoms with Crippen LogP contribution in [0.5, 0.6) is 0 Å². The molecule has 27 heavy (non-hydrogen) atoms. The van der Waals surface area contributed by atoms with Crippen LogP contribution in [0.15, 0.2) is 54.6 Å². The lowest BCUT2D eigenvalue weighted by atomic mass is 10.0. The smallest absolute Gasteiger partial charge is 0.330 e. The molecule has 4 nitrogen and oxygen atoms in total. The predicted octanol–water partition coefficient (Wildman–Crippen LogP) is 4.05. The maximum absolute atomic E-state index is 11.2. The van der Waals surface area contributed by atoms with Gasteiger partial charge in [-0.05, 0) is 49.1 Å². The van der Waals surface area contributed by atoms with E-state index >= 15 is 0 Å². The molecule has 142 valence electrons. The third kappa shape index (κ3) is 5.06. The van der Waals surface area contributed by atoms with Gasteiger partial charge < -0.3 is 9.84 Å². The first-order valence-electron chi connectivity index (χ1n) is 9.41. The lowest BCUT2D eigenvalue weighted by Crippen LogP contribution is -2.28. The Kier molecular flexibility index (Phi) is 6.43. The summed E-state index contributed by atoms with van der Waals surface area (Å²) < 4.78 is 4.61. The Bertz CT molecular complexity index is 780. The monoisotopic (exact) mass is 365 g/mol. The van der Waals surface area contributed by atoms with Crippen molar-refractivity contribution in [3.8, 4) is 0 Å². The average molecular weight is 365 g/mol. The molecule has 1 aliphatic rings. The van der Waals surface area contributed by atoms with Crippen molar-refractivity contribution in [1.82, 2.24) is 4.90 Å². The molecule has 1 aliphatic heterocycles. The number of nitrogens with zero attached hydrogens (tertiary/aromatic N) is 1. The molecule has 0 spiro atoms. The molecule has 2 unspecified atom stereocenters. The van der Waals surface area contributed by atoms with Crippen LogP contribution < -0.4 is 0 Å². The van der Waals surface area contributed by atoms with Crippen LogP contribution in [0.2, 0.25) is 0 Å². The number of hydrogen-bond acceptors (Lipinski definition) is 4. The number of aliphatic hydroxyl groups excluding tert-OH is 1. The first kappa shape index (κ1) is 19.3. The zero-order valence-electron chi connectivity index (χ0n) is 16.0. The van der Waals surface area contributed by atoms with Crippen LogP contribution in [-0.4, -0.2) is 36.2 Å².